The molecule has 0 spiro atoms. The number of alkyl halides is 1. The van der Waals surface area contributed by atoms with Crippen LogP contribution in [0.25, 0.3) is 0 Å². The van der Waals surface area contributed by atoms with Crippen LogP contribution in [0.5, 0.6) is 0 Å². The van der Waals surface area contributed by atoms with Gasteiger partial charge in [-0.1, -0.05) is 6.92 Å². The molecule has 96 valence electrons. The fourth-order valence-electron chi connectivity index (χ4n) is 1.78. The van der Waals surface area contributed by atoms with Gasteiger partial charge in [0.1, 0.15) is 0 Å². The third-order valence-electron chi connectivity index (χ3n) is 2.97. The minimum atomic E-state index is -3.30. The molecule has 0 aromatic carbocycles. The molecule has 1 N–H and O–H groups in total. The lowest BCUT2D eigenvalue weighted by molar-refractivity contribution is 0.283. The minimum Gasteiger partial charge on any atom is -0.199 e. The summed E-state index contributed by atoms with van der Waals surface area (Å²) in [5.41, 5.74) is 0. The lowest BCUT2D eigenvalue weighted by Crippen LogP contribution is -2.47. The average Bonchev–Trinajstić information content (AvgIpc) is 2.17. The first-order valence-electron chi connectivity index (χ1n) is 5.79. The Bertz CT molecular complexity index is 300. The minimum absolute atomic E-state index is 0.0955. The molecule has 0 aromatic heterocycles. The van der Waals surface area contributed by atoms with E-state index < -0.39 is 10.2 Å². The largest absolute Gasteiger partial charge is 0.279 e. The van der Waals surface area contributed by atoms with E-state index in [1.165, 1.54) is 4.31 Å². The third kappa shape index (κ3) is 4.20. The highest BCUT2D eigenvalue weighted by Gasteiger charge is 2.27. The van der Waals surface area contributed by atoms with Crippen molar-refractivity contribution in [2.45, 2.75) is 39.2 Å². The van der Waals surface area contributed by atoms with Crippen LogP contribution in [0.15, 0.2) is 0 Å². The lowest BCUT2D eigenvalue weighted by atomic mass is 10.0. The van der Waals surface area contributed by atoms with Crippen LogP contribution in [0.1, 0.15) is 33.1 Å². The van der Waals surface area contributed by atoms with Crippen molar-refractivity contribution in [3.63, 3.8) is 0 Å². The van der Waals surface area contributed by atoms with Crippen molar-refractivity contribution in [1.82, 2.24) is 9.03 Å². The molecular weight excluding hydrogens is 248 g/mol. The maximum Gasteiger partial charge on any atom is 0.279 e. The summed E-state index contributed by atoms with van der Waals surface area (Å²) in [5.74, 6) is 1.10. The Morgan fingerprint density at radius 3 is 2.50 bits per heavy atom. The number of hydrogen-bond donors (Lipinski definition) is 1. The molecule has 0 bridgehead atoms. The van der Waals surface area contributed by atoms with Crippen LogP contribution in [0.4, 0.5) is 0 Å². The number of nitrogens with zero attached hydrogens (tertiary/aromatic N) is 1. The van der Waals surface area contributed by atoms with E-state index in [4.69, 9.17) is 11.6 Å². The van der Waals surface area contributed by atoms with Gasteiger partial charge < -0.3 is 0 Å². The van der Waals surface area contributed by atoms with E-state index in [1.807, 2.05) is 6.92 Å². The maximum absolute atomic E-state index is 11.9. The first-order chi connectivity index (χ1) is 7.45. The quantitative estimate of drug-likeness (QED) is 0.770. The van der Waals surface area contributed by atoms with Crippen molar-refractivity contribution in [3.05, 3.63) is 0 Å². The van der Waals surface area contributed by atoms with Crippen LogP contribution >= 0.6 is 11.6 Å². The first kappa shape index (κ1) is 14.2. The molecule has 1 fully saturated rings. The van der Waals surface area contributed by atoms with Crippen LogP contribution in [0.3, 0.4) is 0 Å². The number of rotatable bonds is 5. The Kier molecular flexibility index (Phi) is 5.50. The topological polar surface area (TPSA) is 49.4 Å². The van der Waals surface area contributed by atoms with Gasteiger partial charge in [-0.15, -0.1) is 11.6 Å². The van der Waals surface area contributed by atoms with Crippen molar-refractivity contribution in [3.8, 4) is 0 Å². The third-order valence-corrected chi connectivity index (χ3v) is 4.94. The zero-order chi connectivity index (χ0) is 12.2. The highest BCUT2D eigenvalue weighted by molar-refractivity contribution is 7.87. The van der Waals surface area contributed by atoms with Gasteiger partial charge in [0.05, 0.1) is 0 Å². The van der Waals surface area contributed by atoms with E-state index in [2.05, 4.69) is 11.6 Å². The molecule has 6 heteroatoms. The Morgan fingerprint density at radius 1 is 1.44 bits per heavy atom. The van der Waals surface area contributed by atoms with Crippen molar-refractivity contribution in [2.24, 2.45) is 5.92 Å². The second kappa shape index (κ2) is 6.19. The molecule has 0 radical (unpaired) electrons. The molecule has 0 saturated carbocycles. The fraction of sp³-hybridized carbons (Fsp3) is 1.00. The predicted octanol–water partition coefficient (Wildman–Crippen LogP) is 1.57. The molecule has 0 aliphatic carbocycles. The summed E-state index contributed by atoms with van der Waals surface area (Å²) in [4.78, 5) is 0. The van der Waals surface area contributed by atoms with Gasteiger partial charge >= 0.3 is 0 Å². The number of piperidine rings is 1. The van der Waals surface area contributed by atoms with Crippen LogP contribution in [-0.2, 0) is 10.2 Å². The molecule has 1 heterocycles. The molecule has 4 nitrogen and oxygen atoms in total. The van der Waals surface area contributed by atoms with Gasteiger partial charge in [-0.25, -0.2) is 0 Å². The van der Waals surface area contributed by atoms with E-state index in [-0.39, 0.29) is 6.04 Å². The molecule has 1 saturated heterocycles. The van der Waals surface area contributed by atoms with Crippen molar-refractivity contribution < 1.29 is 8.42 Å². The van der Waals surface area contributed by atoms with Gasteiger partial charge in [0.15, 0.2) is 0 Å². The Hall–Kier alpha value is 0.160. The van der Waals surface area contributed by atoms with Gasteiger partial charge in [0, 0.05) is 25.0 Å². The SMILES string of the molecule is CC1CCN(S(=O)(=O)NC(C)CCCl)CC1. The van der Waals surface area contributed by atoms with Gasteiger partial charge in [0.25, 0.3) is 10.2 Å². The molecule has 16 heavy (non-hydrogen) atoms. The van der Waals surface area contributed by atoms with Gasteiger partial charge in [-0.3, -0.25) is 0 Å². The summed E-state index contributed by atoms with van der Waals surface area (Å²) in [6.45, 7) is 5.26. The van der Waals surface area contributed by atoms with E-state index in [0.717, 1.165) is 12.8 Å². The Morgan fingerprint density at radius 2 is 2.00 bits per heavy atom. The van der Waals surface area contributed by atoms with Crippen LogP contribution in [-0.4, -0.2) is 37.7 Å². The van der Waals surface area contributed by atoms with Gasteiger partial charge in [-0.2, -0.15) is 17.4 Å². The molecule has 1 aliphatic rings. The summed E-state index contributed by atoms with van der Waals surface area (Å²) < 4.78 is 28.1. The molecule has 1 atom stereocenters. The van der Waals surface area contributed by atoms with E-state index >= 15 is 0 Å². The van der Waals surface area contributed by atoms with E-state index in [9.17, 15) is 8.42 Å². The number of halogens is 1. The average molecular weight is 269 g/mol. The van der Waals surface area contributed by atoms with Gasteiger partial charge in [-0.05, 0) is 32.1 Å². The van der Waals surface area contributed by atoms with Crippen LogP contribution in [0, 0.1) is 5.92 Å². The molecule has 1 aliphatic heterocycles. The molecule has 1 unspecified atom stereocenters. The van der Waals surface area contributed by atoms with E-state index in [1.54, 1.807) is 0 Å². The Balaban J connectivity index is 2.50. The number of hydrogen-bond acceptors (Lipinski definition) is 2. The smallest absolute Gasteiger partial charge is 0.199 e. The standard InChI is InChI=1S/C10H21ClN2O2S/c1-9-4-7-13(8-5-9)16(14,15)12-10(2)3-6-11/h9-10,12H,3-8H2,1-2H3. The van der Waals surface area contributed by atoms with Crippen LogP contribution < -0.4 is 4.72 Å². The predicted molar refractivity (Wildman–Crippen MR) is 66.8 cm³/mol. The second-order valence-corrected chi connectivity index (χ2v) is 6.66. The molecule has 0 amide bonds. The number of nitrogens with one attached hydrogen (secondary N) is 1. The lowest BCUT2D eigenvalue weighted by Gasteiger charge is -2.30. The van der Waals surface area contributed by atoms with Crippen LogP contribution in [0.2, 0.25) is 0 Å². The van der Waals surface area contributed by atoms with Crippen molar-refractivity contribution in [2.75, 3.05) is 19.0 Å². The maximum atomic E-state index is 11.9. The molecular formula is C10H21ClN2O2S. The highest BCUT2D eigenvalue weighted by atomic mass is 35.5. The zero-order valence-electron chi connectivity index (χ0n) is 9.95. The van der Waals surface area contributed by atoms with Crippen molar-refractivity contribution in [1.29, 1.82) is 0 Å². The first-order valence-corrected chi connectivity index (χ1v) is 7.76. The second-order valence-electron chi connectivity index (χ2n) is 4.58. The summed E-state index contributed by atoms with van der Waals surface area (Å²) in [6, 6.07) is -0.0955. The Labute approximate surface area is 104 Å². The molecule has 0 aromatic rings. The highest BCUT2D eigenvalue weighted by Crippen LogP contribution is 2.18. The summed E-state index contributed by atoms with van der Waals surface area (Å²) in [6.07, 6.45) is 2.56. The normalized spacial score (nSPS) is 22.2. The molecule has 1 rings (SSSR count). The summed E-state index contributed by atoms with van der Waals surface area (Å²) >= 11 is 5.58. The van der Waals surface area contributed by atoms with E-state index in [0.29, 0.717) is 31.3 Å². The summed E-state index contributed by atoms with van der Waals surface area (Å²) in [7, 11) is -3.30. The fourth-order valence-corrected chi connectivity index (χ4v) is 3.57. The van der Waals surface area contributed by atoms with Crippen molar-refractivity contribution >= 4 is 21.8 Å². The monoisotopic (exact) mass is 268 g/mol. The summed E-state index contributed by atoms with van der Waals surface area (Å²) in [5, 5.41) is 0. The zero-order valence-corrected chi connectivity index (χ0v) is 11.5. The van der Waals surface area contributed by atoms with Gasteiger partial charge in [0.2, 0.25) is 0 Å².